The Kier molecular flexibility index (Phi) is 7.66. The van der Waals surface area contributed by atoms with E-state index in [1.807, 2.05) is 0 Å². The minimum absolute atomic E-state index is 0.231. The number of hydrogen-bond donors (Lipinski definition) is 1. The fourth-order valence-corrected chi connectivity index (χ4v) is 5.04. The molecule has 1 aliphatic carbocycles. The highest BCUT2D eigenvalue weighted by atomic mass is 32.2. The van der Waals surface area contributed by atoms with Crippen LogP contribution in [0, 0.1) is 0 Å². The molecule has 0 amide bonds. The van der Waals surface area contributed by atoms with Gasteiger partial charge in [0.05, 0.1) is 0 Å². The first-order chi connectivity index (χ1) is 9.08. The lowest BCUT2D eigenvalue weighted by Gasteiger charge is -2.27. The van der Waals surface area contributed by atoms with Crippen LogP contribution in [-0.4, -0.2) is 55.8 Å². The Morgan fingerprint density at radius 2 is 1.74 bits per heavy atom. The van der Waals surface area contributed by atoms with Gasteiger partial charge in [-0.25, -0.2) is 4.21 Å². The second-order valence-electron chi connectivity index (χ2n) is 4.71. The fourth-order valence-electron chi connectivity index (χ4n) is 2.59. The molecule has 114 valence electrons. The number of hydrogen-bond acceptors (Lipinski definition) is 4. The largest absolute Gasteiger partial charge is 0.500 e. The quantitative estimate of drug-likeness (QED) is 0.518. The van der Waals surface area contributed by atoms with Crippen molar-refractivity contribution in [3.05, 3.63) is 0 Å². The smallest absolute Gasteiger partial charge is 0.377 e. The zero-order valence-electron chi connectivity index (χ0n) is 12.0. The summed E-state index contributed by atoms with van der Waals surface area (Å²) in [5.41, 5.74) is 0. The summed E-state index contributed by atoms with van der Waals surface area (Å²) in [4.78, 5) is 0. The van der Waals surface area contributed by atoms with Crippen molar-refractivity contribution in [3.63, 3.8) is 0 Å². The molecular weight excluding hydrogens is 286 g/mol. The minimum Gasteiger partial charge on any atom is -0.377 e. The molecule has 1 fully saturated rings. The SMILES string of the molecule is CO[Si](CCCN(C1CCCC1)S(=O)O)(OC)OC. The van der Waals surface area contributed by atoms with Crippen LogP contribution in [-0.2, 0) is 24.5 Å². The summed E-state index contributed by atoms with van der Waals surface area (Å²) in [6.45, 7) is 0.568. The number of rotatable bonds is 9. The van der Waals surface area contributed by atoms with Gasteiger partial charge >= 0.3 is 8.80 Å². The topological polar surface area (TPSA) is 68.2 Å². The van der Waals surface area contributed by atoms with Gasteiger partial charge in [-0.05, 0) is 19.3 Å². The third-order valence-electron chi connectivity index (χ3n) is 3.73. The van der Waals surface area contributed by atoms with Crippen LogP contribution in [0.2, 0.25) is 6.04 Å². The van der Waals surface area contributed by atoms with Gasteiger partial charge in [0.2, 0.25) is 11.3 Å². The van der Waals surface area contributed by atoms with E-state index in [2.05, 4.69) is 0 Å². The predicted molar refractivity (Wildman–Crippen MR) is 75.9 cm³/mol. The average Bonchev–Trinajstić information content (AvgIpc) is 2.93. The van der Waals surface area contributed by atoms with E-state index in [0.29, 0.717) is 12.6 Å². The Hall–Kier alpha value is 0.167. The van der Waals surface area contributed by atoms with Crippen LogP contribution < -0.4 is 0 Å². The molecule has 0 aromatic carbocycles. The summed E-state index contributed by atoms with van der Waals surface area (Å²) in [5, 5.41) is 0. The van der Waals surface area contributed by atoms with E-state index >= 15 is 0 Å². The molecule has 0 heterocycles. The molecule has 6 nitrogen and oxygen atoms in total. The molecule has 1 saturated carbocycles. The lowest BCUT2D eigenvalue weighted by Crippen LogP contribution is -2.44. The zero-order chi connectivity index (χ0) is 14.3. The van der Waals surface area contributed by atoms with Gasteiger partial charge in [0.1, 0.15) is 0 Å². The van der Waals surface area contributed by atoms with E-state index in [9.17, 15) is 8.76 Å². The summed E-state index contributed by atoms with van der Waals surface area (Å²) >= 11 is -1.90. The van der Waals surface area contributed by atoms with Gasteiger partial charge < -0.3 is 13.3 Å². The molecule has 0 radical (unpaired) electrons. The van der Waals surface area contributed by atoms with Gasteiger partial charge in [-0.3, -0.25) is 4.55 Å². The lowest BCUT2D eigenvalue weighted by atomic mass is 10.2. The Morgan fingerprint density at radius 3 is 2.16 bits per heavy atom. The molecule has 0 spiro atoms. The molecule has 0 bridgehead atoms. The Morgan fingerprint density at radius 1 is 1.21 bits per heavy atom. The maximum Gasteiger partial charge on any atom is 0.500 e. The van der Waals surface area contributed by atoms with Gasteiger partial charge in [0.15, 0.2) is 0 Å². The summed E-state index contributed by atoms with van der Waals surface area (Å²) in [6, 6.07) is 0.881. The van der Waals surface area contributed by atoms with Crippen molar-refractivity contribution in [1.29, 1.82) is 0 Å². The highest BCUT2D eigenvalue weighted by molar-refractivity contribution is 7.76. The van der Waals surface area contributed by atoms with E-state index in [-0.39, 0.29) is 6.04 Å². The van der Waals surface area contributed by atoms with Crippen LogP contribution in [0.25, 0.3) is 0 Å². The Labute approximate surface area is 119 Å². The molecule has 1 aliphatic rings. The highest BCUT2D eigenvalue weighted by Gasteiger charge is 2.37. The van der Waals surface area contributed by atoms with Crippen molar-refractivity contribution in [2.45, 2.75) is 44.2 Å². The normalized spacial score (nSPS) is 19.2. The van der Waals surface area contributed by atoms with E-state index in [1.54, 1.807) is 25.6 Å². The van der Waals surface area contributed by atoms with Crippen LogP contribution in [0.1, 0.15) is 32.1 Å². The van der Waals surface area contributed by atoms with Crippen molar-refractivity contribution in [3.8, 4) is 0 Å². The highest BCUT2D eigenvalue weighted by Crippen LogP contribution is 2.25. The van der Waals surface area contributed by atoms with Crippen molar-refractivity contribution in [1.82, 2.24) is 4.31 Å². The van der Waals surface area contributed by atoms with Gasteiger partial charge in [0.25, 0.3) is 0 Å². The lowest BCUT2D eigenvalue weighted by molar-refractivity contribution is 0.122. The second kappa shape index (κ2) is 8.45. The van der Waals surface area contributed by atoms with E-state index < -0.39 is 20.1 Å². The van der Waals surface area contributed by atoms with E-state index in [1.165, 1.54) is 0 Å². The molecule has 0 aromatic rings. The molecule has 1 atom stereocenters. The minimum atomic E-state index is -2.57. The van der Waals surface area contributed by atoms with Crippen molar-refractivity contribution >= 4 is 20.1 Å². The van der Waals surface area contributed by atoms with Crippen molar-refractivity contribution in [2.75, 3.05) is 27.9 Å². The first-order valence-corrected chi connectivity index (χ1v) is 9.61. The predicted octanol–water partition coefficient (Wildman–Crippen LogP) is 1.64. The molecule has 0 aromatic heterocycles. The summed E-state index contributed by atoms with van der Waals surface area (Å²) in [7, 11) is 2.18. The molecule has 1 rings (SSSR count). The summed E-state index contributed by atoms with van der Waals surface area (Å²) in [6.07, 6.45) is 5.03. The number of nitrogens with zero attached hydrogens (tertiary/aromatic N) is 1. The van der Waals surface area contributed by atoms with E-state index in [0.717, 1.165) is 32.1 Å². The van der Waals surface area contributed by atoms with Crippen LogP contribution in [0.15, 0.2) is 0 Å². The summed E-state index contributed by atoms with van der Waals surface area (Å²) < 4.78 is 38.5. The third kappa shape index (κ3) is 4.89. The van der Waals surface area contributed by atoms with Crippen LogP contribution in [0.3, 0.4) is 0 Å². The van der Waals surface area contributed by atoms with E-state index in [4.69, 9.17) is 13.3 Å². The maximum absolute atomic E-state index is 11.4. The van der Waals surface area contributed by atoms with Gasteiger partial charge in [-0.2, -0.15) is 4.31 Å². The van der Waals surface area contributed by atoms with Crippen LogP contribution in [0.5, 0.6) is 0 Å². The van der Waals surface area contributed by atoms with Gasteiger partial charge in [-0.1, -0.05) is 12.8 Å². The Bertz CT molecular complexity index is 276. The molecule has 19 heavy (non-hydrogen) atoms. The summed E-state index contributed by atoms with van der Waals surface area (Å²) in [5.74, 6) is 0. The molecule has 0 aliphatic heterocycles. The van der Waals surface area contributed by atoms with Gasteiger partial charge in [0, 0.05) is 40.0 Å². The van der Waals surface area contributed by atoms with Gasteiger partial charge in [-0.15, -0.1) is 0 Å². The van der Waals surface area contributed by atoms with Crippen molar-refractivity contribution < 1.29 is 22.0 Å². The van der Waals surface area contributed by atoms with Crippen molar-refractivity contribution in [2.24, 2.45) is 0 Å². The molecule has 1 N–H and O–H groups in total. The maximum atomic E-state index is 11.4. The molecular formula is C11H25NO5SSi. The first-order valence-electron chi connectivity index (χ1n) is 6.61. The van der Waals surface area contributed by atoms with Crippen LogP contribution in [0.4, 0.5) is 0 Å². The third-order valence-corrected chi connectivity index (χ3v) is 7.44. The van der Waals surface area contributed by atoms with Crippen LogP contribution >= 0.6 is 0 Å². The molecule has 8 heteroatoms. The molecule has 1 unspecified atom stereocenters. The zero-order valence-corrected chi connectivity index (χ0v) is 13.8. The standard InChI is InChI=1S/C11H25NO5SSi/c1-15-19(16-2,17-3)10-6-9-12(18(13)14)11-7-4-5-8-11/h11H,4-10H2,1-3H3,(H,13,14). The monoisotopic (exact) mass is 311 g/mol. The first kappa shape index (κ1) is 17.2. The molecule has 0 saturated heterocycles. The Balaban J connectivity index is 2.45. The fraction of sp³-hybridized carbons (Fsp3) is 1.00. The second-order valence-corrected chi connectivity index (χ2v) is 8.73. The average molecular weight is 311 g/mol.